The van der Waals surface area contributed by atoms with Gasteiger partial charge in [-0.2, -0.15) is 0 Å². The van der Waals surface area contributed by atoms with E-state index in [0.717, 1.165) is 25.0 Å². The zero-order valence-corrected chi connectivity index (χ0v) is 17.6. The van der Waals surface area contributed by atoms with Crippen LogP contribution in [-0.4, -0.2) is 61.1 Å². The summed E-state index contributed by atoms with van der Waals surface area (Å²) in [5.74, 6) is 1.85. The second-order valence-corrected chi connectivity index (χ2v) is 7.91. The topological polar surface area (TPSA) is 30.9 Å². The molecule has 130 valence electrons. The van der Waals surface area contributed by atoms with Crippen LogP contribution in [0.3, 0.4) is 0 Å². The van der Waals surface area contributed by atoms with E-state index in [1.807, 2.05) is 7.05 Å². The molecule has 0 spiro atoms. The maximum atomic E-state index is 4.51. The maximum absolute atomic E-state index is 4.51. The molecule has 0 saturated carbocycles. The minimum atomic E-state index is 0. The van der Waals surface area contributed by atoms with Crippen molar-refractivity contribution in [3.05, 3.63) is 0 Å². The Hall–Kier alpha value is -0.0400. The highest BCUT2D eigenvalue weighted by molar-refractivity contribution is 14.0. The average Bonchev–Trinajstić information content (AvgIpc) is 2.86. The Morgan fingerprint density at radius 2 is 1.95 bits per heavy atom. The standard InChI is InChI=1S/C17H34N4.HI/c1-7-9-20-10-8-14(12-20)11-19-15(18-6)21-13-16(2,3)17(21,4)5;/h14H,7-13H2,1-6H3,(H,18,19);1H. The number of likely N-dealkylation sites (tertiary alicyclic amines) is 2. The van der Waals surface area contributed by atoms with Crippen molar-refractivity contribution >= 4 is 29.9 Å². The van der Waals surface area contributed by atoms with Crippen LogP contribution in [0.1, 0.15) is 47.5 Å². The molecule has 2 saturated heterocycles. The van der Waals surface area contributed by atoms with Gasteiger partial charge in [0.25, 0.3) is 0 Å². The summed E-state index contributed by atoms with van der Waals surface area (Å²) in [7, 11) is 1.90. The fraction of sp³-hybridized carbons (Fsp3) is 0.941. The van der Waals surface area contributed by atoms with Crippen LogP contribution in [0, 0.1) is 11.3 Å². The molecule has 0 amide bonds. The number of rotatable bonds is 4. The van der Waals surface area contributed by atoms with Crippen LogP contribution in [0.4, 0.5) is 0 Å². The van der Waals surface area contributed by atoms with Gasteiger partial charge in [-0.3, -0.25) is 4.99 Å². The lowest BCUT2D eigenvalue weighted by Crippen LogP contribution is -2.72. The molecular weight excluding hydrogens is 387 g/mol. The van der Waals surface area contributed by atoms with E-state index in [9.17, 15) is 0 Å². The van der Waals surface area contributed by atoms with Gasteiger partial charge in [-0.15, -0.1) is 24.0 Å². The molecule has 1 unspecified atom stereocenters. The third kappa shape index (κ3) is 3.89. The zero-order chi connectivity index (χ0) is 15.7. The van der Waals surface area contributed by atoms with Crippen LogP contribution >= 0.6 is 24.0 Å². The van der Waals surface area contributed by atoms with Gasteiger partial charge in [-0.05, 0) is 45.7 Å². The van der Waals surface area contributed by atoms with Crippen molar-refractivity contribution in [3.63, 3.8) is 0 Å². The van der Waals surface area contributed by atoms with Crippen molar-refractivity contribution in [2.45, 2.75) is 53.0 Å². The van der Waals surface area contributed by atoms with Gasteiger partial charge in [0.1, 0.15) is 0 Å². The van der Waals surface area contributed by atoms with Crippen LogP contribution in [-0.2, 0) is 0 Å². The summed E-state index contributed by atoms with van der Waals surface area (Å²) in [5, 5.41) is 3.62. The summed E-state index contributed by atoms with van der Waals surface area (Å²) in [6, 6.07) is 0. The fourth-order valence-electron chi connectivity index (χ4n) is 3.53. The molecule has 2 aliphatic rings. The summed E-state index contributed by atoms with van der Waals surface area (Å²) in [5.41, 5.74) is 0.536. The largest absolute Gasteiger partial charge is 0.356 e. The highest BCUT2D eigenvalue weighted by Crippen LogP contribution is 2.46. The second kappa shape index (κ2) is 7.69. The molecule has 0 radical (unpaired) electrons. The Kier molecular flexibility index (Phi) is 6.99. The van der Waals surface area contributed by atoms with E-state index in [1.165, 1.54) is 32.5 Å². The minimum Gasteiger partial charge on any atom is -0.356 e. The third-order valence-electron chi connectivity index (χ3n) is 5.81. The first kappa shape index (κ1) is 20.0. The van der Waals surface area contributed by atoms with Crippen LogP contribution < -0.4 is 5.32 Å². The summed E-state index contributed by atoms with van der Waals surface area (Å²) >= 11 is 0. The lowest BCUT2D eigenvalue weighted by atomic mass is 9.65. The number of hydrogen-bond donors (Lipinski definition) is 1. The number of guanidine groups is 1. The normalized spacial score (nSPS) is 27.3. The molecule has 0 bridgehead atoms. The van der Waals surface area contributed by atoms with Crippen LogP contribution in [0.25, 0.3) is 0 Å². The molecule has 1 N–H and O–H groups in total. The average molecular weight is 422 g/mol. The smallest absolute Gasteiger partial charge is 0.194 e. The molecule has 4 nitrogen and oxygen atoms in total. The number of halogens is 1. The molecule has 2 fully saturated rings. The van der Waals surface area contributed by atoms with Gasteiger partial charge in [0.15, 0.2) is 5.96 Å². The Balaban J connectivity index is 0.00000242. The molecule has 2 aliphatic heterocycles. The van der Waals surface area contributed by atoms with Gasteiger partial charge in [0, 0.05) is 37.6 Å². The molecule has 22 heavy (non-hydrogen) atoms. The van der Waals surface area contributed by atoms with Gasteiger partial charge >= 0.3 is 0 Å². The van der Waals surface area contributed by atoms with Crippen molar-refractivity contribution in [1.82, 2.24) is 15.1 Å². The van der Waals surface area contributed by atoms with E-state index in [-0.39, 0.29) is 29.5 Å². The number of aliphatic imine (C=N–C) groups is 1. The summed E-state index contributed by atoms with van der Waals surface area (Å²) in [6.07, 6.45) is 2.58. The molecule has 0 aromatic rings. The number of hydrogen-bond acceptors (Lipinski definition) is 2. The SMILES string of the molecule is CCCN1CCC(CNC(=NC)N2CC(C)(C)C2(C)C)C1.I. The van der Waals surface area contributed by atoms with E-state index in [0.29, 0.717) is 5.41 Å². The zero-order valence-electron chi connectivity index (χ0n) is 15.3. The van der Waals surface area contributed by atoms with Gasteiger partial charge in [0.05, 0.1) is 0 Å². The van der Waals surface area contributed by atoms with E-state index in [2.05, 4.69) is 54.7 Å². The number of nitrogens with zero attached hydrogens (tertiary/aromatic N) is 3. The van der Waals surface area contributed by atoms with Crippen LogP contribution in [0.2, 0.25) is 0 Å². The van der Waals surface area contributed by atoms with E-state index in [4.69, 9.17) is 0 Å². The lowest BCUT2D eigenvalue weighted by Gasteiger charge is -2.62. The van der Waals surface area contributed by atoms with E-state index >= 15 is 0 Å². The molecule has 5 heteroatoms. The molecule has 1 atom stereocenters. The van der Waals surface area contributed by atoms with Crippen LogP contribution in [0.15, 0.2) is 4.99 Å². The molecule has 0 aromatic heterocycles. The van der Waals surface area contributed by atoms with E-state index < -0.39 is 0 Å². The summed E-state index contributed by atoms with van der Waals surface area (Å²) in [4.78, 5) is 9.52. The van der Waals surface area contributed by atoms with Gasteiger partial charge in [-0.25, -0.2) is 0 Å². The van der Waals surface area contributed by atoms with Gasteiger partial charge in [-0.1, -0.05) is 20.8 Å². The number of nitrogens with one attached hydrogen (secondary N) is 1. The van der Waals surface area contributed by atoms with Crippen molar-refractivity contribution in [1.29, 1.82) is 0 Å². The first-order valence-electron chi connectivity index (χ1n) is 8.52. The van der Waals surface area contributed by atoms with Crippen molar-refractivity contribution in [2.75, 3.05) is 39.8 Å². The quantitative estimate of drug-likeness (QED) is 0.429. The minimum absolute atomic E-state index is 0. The fourth-order valence-corrected chi connectivity index (χ4v) is 3.53. The molecular formula is C17H35IN4. The molecule has 0 aliphatic carbocycles. The Morgan fingerprint density at radius 3 is 2.45 bits per heavy atom. The molecule has 0 aromatic carbocycles. The third-order valence-corrected chi connectivity index (χ3v) is 5.81. The van der Waals surface area contributed by atoms with Crippen molar-refractivity contribution in [2.24, 2.45) is 16.3 Å². The van der Waals surface area contributed by atoms with Crippen LogP contribution in [0.5, 0.6) is 0 Å². The van der Waals surface area contributed by atoms with Gasteiger partial charge in [0.2, 0.25) is 0 Å². The summed E-state index contributed by atoms with van der Waals surface area (Å²) < 4.78 is 0. The van der Waals surface area contributed by atoms with Crippen molar-refractivity contribution in [3.8, 4) is 0 Å². The Labute approximate surface area is 154 Å². The molecule has 2 rings (SSSR count). The predicted molar refractivity (Wildman–Crippen MR) is 106 cm³/mol. The van der Waals surface area contributed by atoms with Crippen molar-refractivity contribution < 1.29 is 0 Å². The molecule has 2 heterocycles. The second-order valence-electron chi connectivity index (χ2n) is 7.91. The summed E-state index contributed by atoms with van der Waals surface area (Å²) in [6.45, 7) is 17.5. The predicted octanol–water partition coefficient (Wildman–Crippen LogP) is 3.03. The Morgan fingerprint density at radius 1 is 1.27 bits per heavy atom. The highest BCUT2D eigenvalue weighted by Gasteiger charge is 2.53. The monoisotopic (exact) mass is 422 g/mol. The van der Waals surface area contributed by atoms with E-state index in [1.54, 1.807) is 0 Å². The van der Waals surface area contributed by atoms with Gasteiger partial charge < -0.3 is 15.1 Å². The first-order valence-corrected chi connectivity index (χ1v) is 8.52. The lowest BCUT2D eigenvalue weighted by molar-refractivity contribution is -0.0668. The highest BCUT2D eigenvalue weighted by atomic mass is 127. The Bertz CT molecular complexity index is 392. The maximum Gasteiger partial charge on any atom is 0.194 e. The first-order chi connectivity index (χ1) is 9.81.